The number of nitrogens with zero attached hydrogens (tertiary/aromatic N) is 1. The summed E-state index contributed by atoms with van der Waals surface area (Å²) in [5.74, 6) is -1.62. The Labute approximate surface area is 131 Å². The first kappa shape index (κ1) is 16.8. The van der Waals surface area contributed by atoms with Gasteiger partial charge in [-0.1, -0.05) is 20.8 Å². The molecule has 7 heteroatoms. The zero-order valence-electron chi connectivity index (χ0n) is 12.6. The van der Waals surface area contributed by atoms with E-state index in [9.17, 15) is 23.2 Å². The number of thiophene rings is 1. The molecule has 1 aromatic heterocycles. The summed E-state index contributed by atoms with van der Waals surface area (Å²) in [5.41, 5.74) is 1.08. The second-order valence-corrected chi connectivity index (χ2v) is 7.68. The largest absolute Gasteiger partial charge is 0.471 e. The molecule has 0 bridgehead atoms. The van der Waals surface area contributed by atoms with E-state index in [-0.39, 0.29) is 16.0 Å². The van der Waals surface area contributed by atoms with Crippen LogP contribution in [0.25, 0.3) is 0 Å². The van der Waals surface area contributed by atoms with Crippen molar-refractivity contribution in [3.05, 3.63) is 16.0 Å². The summed E-state index contributed by atoms with van der Waals surface area (Å²) in [6.07, 6.45) is -2.65. The molecule has 0 saturated heterocycles. The van der Waals surface area contributed by atoms with Crippen LogP contribution in [0.3, 0.4) is 0 Å². The van der Waals surface area contributed by atoms with Crippen LogP contribution in [0.4, 0.5) is 18.2 Å². The van der Waals surface area contributed by atoms with Crippen LogP contribution < -0.4 is 5.32 Å². The van der Waals surface area contributed by atoms with Gasteiger partial charge in [0, 0.05) is 4.88 Å². The van der Waals surface area contributed by atoms with E-state index in [4.69, 9.17) is 0 Å². The van der Waals surface area contributed by atoms with Gasteiger partial charge in [-0.3, -0.25) is 4.79 Å². The number of carbonyl (C=O) groups excluding carboxylic acids is 1. The van der Waals surface area contributed by atoms with E-state index in [0.717, 1.165) is 34.6 Å². The third-order valence-electron chi connectivity index (χ3n) is 4.09. The molecule has 1 atom stereocenters. The molecular weight excluding hydrogens is 313 g/mol. The van der Waals surface area contributed by atoms with Crippen LogP contribution in [0.5, 0.6) is 0 Å². The molecule has 1 N–H and O–H groups in total. The minimum Gasteiger partial charge on any atom is -0.309 e. The van der Waals surface area contributed by atoms with Crippen LogP contribution in [0.1, 0.15) is 43.2 Å². The minimum absolute atomic E-state index is 0.0179. The van der Waals surface area contributed by atoms with Crippen LogP contribution in [0.15, 0.2) is 0 Å². The first-order valence-electron chi connectivity index (χ1n) is 6.97. The highest BCUT2D eigenvalue weighted by molar-refractivity contribution is 7.16. The number of carbonyl (C=O) groups is 1. The van der Waals surface area contributed by atoms with E-state index in [1.54, 1.807) is 0 Å². The van der Waals surface area contributed by atoms with E-state index in [1.165, 1.54) is 0 Å². The lowest BCUT2D eigenvalue weighted by atomic mass is 9.72. The fraction of sp³-hybridized carbons (Fsp3) is 0.600. The quantitative estimate of drug-likeness (QED) is 0.836. The van der Waals surface area contributed by atoms with Crippen LogP contribution in [0.2, 0.25) is 0 Å². The summed E-state index contributed by atoms with van der Waals surface area (Å²) < 4.78 is 37.1. The van der Waals surface area contributed by atoms with Crippen molar-refractivity contribution >= 4 is 22.2 Å². The molecule has 1 unspecified atom stereocenters. The Morgan fingerprint density at radius 3 is 2.50 bits per heavy atom. The lowest BCUT2D eigenvalue weighted by molar-refractivity contribution is -0.167. The molecular formula is C15H17F3N2OS. The fourth-order valence-corrected chi connectivity index (χ4v) is 3.98. The van der Waals surface area contributed by atoms with E-state index in [1.807, 2.05) is 11.4 Å². The summed E-state index contributed by atoms with van der Waals surface area (Å²) in [4.78, 5) is 12.0. The molecule has 1 aliphatic rings. The van der Waals surface area contributed by atoms with Crippen molar-refractivity contribution in [3.8, 4) is 6.07 Å². The number of nitrogens with one attached hydrogen (secondary N) is 1. The van der Waals surface area contributed by atoms with Gasteiger partial charge in [-0.15, -0.1) is 11.3 Å². The maximum Gasteiger partial charge on any atom is 0.471 e. The van der Waals surface area contributed by atoms with Crippen LogP contribution in [-0.2, 0) is 17.6 Å². The van der Waals surface area contributed by atoms with Crippen molar-refractivity contribution in [2.45, 2.75) is 46.2 Å². The van der Waals surface area contributed by atoms with Gasteiger partial charge in [-0.25, -0.2) is 0 Å². The molecule has 0 spiro atoms. The first-order chi connectivity index (χ1) is 10.0. The van der Waals surface area contributed by atoms with Gasteiger partial charge in [-0.05, 0) is 36.2 Å². The molecule has 1 amide bonds. The number of hydrogen-bond acceptors (Lipinski definition) is 3. The van der Waals surface area contributed by atoms with Gasteiger partial charge in [0.15, 0.2) is 0 Å². The SMILES string of the molecule is CC(C)(C)C1CCc2c(sc(NC(=O)C(F)(F)F)c2C#N)C1. The van der Waals surface area contributed by atoms with E-state index >= 15 is 0 Å². The van der Waals surface area contributed by atoms with Gasteiger partial charge in [0.1, 0.15) is 11.1 Å². The third kappa shape index (κ3) is 3.27. The Kier molecular flexibility index (Phi) is 4.26. The smallest absolute Gasteiger partial charge is 0.309 e. The highest BCUT2D eigenvalue weighted by Crippen LogP contribution is 2.44. The van der Waals surface area contributed by atoms with Gasteiger partial charge in [-0.2, -0.15) is 18.4 Å². The van der Waals surface area contributed by atoms with Crippen molar-refractivity contribution in [2.24, 2.45) is 11.3 Å². The number of anilines is 1. The molecule has 3 nitrogen and oxygen atoms in total. The van der Waals surface area contributed by atoms with Crippen molar-refractivity contribution in [3.63, 3.8) is 0 Å². The number of rotatable bonds is 1. The van der Waals surface area contributed by atoms with Gasteiger partial charge >= 0.3 is 12.1 Å². The molecule has 0 aromatic carbocycles. The van der Waals surface area contributed by atoms with E-state index in [0.29, 0.717) is 12.3 Å². The standard InChI is InChI=1S/C15H17F3N2OS/c1-14(2,3)8-4-5-9-10(7-19)12(22-11(9)6-8)20-13(21)15(16,17)18/h8H,4-6H2,1-3H3,(H,20,21). The summed E-state index contributed by atoms with van der Waals surface area (Å²) in [5, 5.41) is 11.1. The number of halogens is 3. The highest BCUT2D eigenvalue weighted by atomic mass is 32.1. The monoisotopic (exact) mass is 330 g/mol. The summed E-state index contributed by atoms with van der Waals surface area (Å²) >= 11 is 1.10. The van der Waals surface area contributed by atoms with Crippen molar-refractivity contribution in [1.82, 2.24) is 0 Å². The average Bonchev–Trinajstić information content (AvgIpc) is 2.72. The molecule has 0 radical (unpaired) electrons. The molecule has 0 fully saturated rings. The van der Waals surface area contributed by atoms with Crippen LogP contribution >= 0.6 is 11.3 Å². The first-order valence-corrected chi connectivity index (χ1v) is 7.78. The Balaban J connectivity index is 2.31. The molecule has 2 rings (SSSR count). The second kappa shape index (κ2) is 5.58. The number of nitriles is 1. The van der Waals surface area contributed by atoms with Crippen molar-refractivity contribution in [1.29, 1.82) is 5.26 Å². The lowest BCUT2D eigenvalue weighted by Gasteiger charge is -2.33. The number of fused-ring (bicyclic) bond motifs is 1. The van der Waals surface area contributed by atoms with E-state index < -0.39 is 12.1 Å². The summed E-state index contributed by atoms with van der Waals surface area (Å²) in [6, 6.07) is 1.94. The van der Waals surface area contributed by atoms with Gasteiger partial charge in [0.2, 0.25) is 0 Å². The Morgan fingerprint density at radius 1 is 1.36 bits per heavy atom. The maximum atomic E-state index is 12.4. The van der Waals surface area contributed by atoms with Gasteiger partial charge in [0.05, 0.1) is 5.56 Å². The average molecular weight is 330 g/mol. The lowest BCUT2D eigenvalue weighted by Crippen LogP contribution is -2.29. The number of amides is 1. The normalized spacial score (nSPS) is 18.5. The predicted octanol–water partition coefficient (Wildman–Crippen LogP) is 4.27. The second-order valence-electron chi connectivity index (χ2n) is 6.58. The van der Waals surface area contributed by atoms with Crippen molar-refractivity contribution < 1.29 is 18.0 Å². The fourth-order valence-electron chi connectivity index (χ4n) is 2.71. The molecule has 1 aromatic rings. The molecule has 0 aliphatic heterocycles. The summed E-state index contributed by atoms with van der Waals surface area (Å²) in [6.45, 7) is 6.40. The molecule has 1 heterocycles. The highest BCUT2D eigenvalue weighted by Gasteiger charge is 2.40. The number of alkyl halides is 3. The topological polar surface area (TPSA) is 52.9 Å². The van der Waals surface area contributed by atoms with Crippen LogP contribution in [-0.4, -0.2) is 12.1 Å². The minimum atomic E-state index is -4.95. The molecule has 0 saturated carbocycles. The van der Waals surface area contributed by atoms with Gasteiger partial charge < -0.3 is 5.32 Å². The zero-order valence-corrected chi connectivity index (χ0v) is 13.4. The molecule has 1 aliphatic carbocycles. The number of hydrogen-bond donors (Lipinski definition) is 1. The van der Waals surface area contributed by atoms with E-state index in [2.05, 4.69) is 20.8 Å². The van der Waals surface area contributed by atoms with Crippen LogP contribution in [0, 0.1) is 22.7 Å². The summed E-state index contributed by atoms with van der Waals surface area (Å²) in [7, 11) is 0. The predicted molar refractivity (Wildman–Crippen MR) is 78.7 cm³/mol. The molecule has 22 heavy (non-hydrogen) atoms. The van der Waals surface area contributed by atoms with Crippen molar-refractivity contribution in [2.75, 3.05) is 5.32 Å². The Hall–Kier alpha value is -1.55. The van der Waals surface area contributed by atoms with Gasteiger partial charge in [0.25, 0.3) is 0 Å². The molecule has 120 valence electrons. The third-order valence-corrected chi connectivity index (χ3v) is 5.26. The zero-order chi connectivity index (χ0) is 16.7. The Bertz CT molecular complexity index is 635. The Morgan fingerprint density at radius 2 is 2.00 bits per heavy atom. The maximum absolute atomic E-state index is 12.4.